The van der Waals surface area contributed by atoms with Crippen molar-refractivity contribution in [1.82, 2.24) is 0 Å². The molecule has 0 amide bonds. The van der Waals surface area contributed by atoms with Gasteiger partial charge in [0.05, 0.1) is 17.5 Å². The quantitative estimate of drug-likeness (QED) is 0.662. The molecule has 2 N–H and O–H groups in total. The second-order valence-corrected chi connectivity index (χ2v) is 4.01. The van der Waals surface area contributed by atoms with E-state index in [4.69, 9.17) is 0 Å². The summed E-state index contributed by atoms with van der Waals surface area (Å²) in [6, 6.07) is 11.2. The van der Waals surface area contributed by atoms with E-state index in [2.05, 4.69) is 10.5 Å². The number of halogens is 3. The molecule has 0 unspecified atom stereocenters. The first kappa shape index (κ1) is 13.9. The average Bonchev–Trinajstić information content (AvgIpc) is 2.40. The lowest BCUT2D eigenvalue weighted by Crippen LogP contribution is -2.05. The fourth-order valence-electron chi connectivity index (χ4n) is 1.54. The number of anilines is 1. The topological polar surface area (TPSA) is 44.6 Å². The zero-order chi connectivity index (χ0) is 14.6. The van der Waals surface area contributed by atoms with Gasteiger partial charge in [0.2, 0.25) is 0 Å². The monoisotopic (exact) mass is 280 g/mol. The molecule has 0 radical (unpaired) electrons. The van der Waals surface area contributed by atoms with Crippen LogP contribution < -0.4 is 5.43 Å². The molecule has 2 rings (SSSR count). The molecular formula is C14H11F3N2O. The second kappa shape index (κ2) is 5.64. The Morgan fingerprint density at radius 3 is 2.50 bits per heavy atom. The number of nitrogens with zero attached hydrogens (tertiary/aromatic N) is 1. The van der Waals surface area contributed by atoms with Gasteiger partial charge in [-0.05, 0) is 30.3 Å². The lowest BCUT2D eigenvalue weighted by atomic mass is 10.2. The molecule has 0 aliphatic heterocycles. The van der Waals surface area contributed by atoms with Gasteiger partial charge in [0, 0.05) is 5.56 Å². The number of rotatable bonds is 3. The van der Waals surface area contributed by atoms with Gasteiger partial charge in [-0.3, -0.25) is 5.43 Å². The first-order chi connectivity index (χ1) is 9.47. The maximum absolute atomic E-state index is 12.5. The van der Waals surface area contributed by atoms with Crippen molar-refractivity contribution < 1.29 is 18.3 Å². The third kappa shape index (κ3) is 3.50. The molecule has 0 spiro atoms. The van der Waals surface area contributed by atoms with Crippen LogP contribution in [0.3, 0.4) is 0 Å². The van der Waals surface area contributed by atoms with Gasteiger partial charge in [0.25, 0.3) is 0 Å². The van der Waals surface area contributed by atoms with Crippen LogP contribution in [0, 0.1) is 0 Å². The number of hydrogen-bond donors (Lipinski definition) is 2. The minimum absolute atomic E-state index is 0.0436. The highest BCUT2D eigenvalue weighted by Gasteiger charge is 2.30. The summed E-state index contributed by atoms with van der Waals surface area (Å²) in [4.78, 5) is 0. The lowest BCUT2D eigenvalue weighted by molar-refractivity contribution is -0.137. The van der Waals surface area contributed by atoms with Crippen LogP contribution >= 0.6 is 0 Å². The summed E-state index contributed by atoms with van der Waals surface area (Å²) in [7, 11) is 0. The molecule has 104 valence electrons. The number of nitrogens with one attached hydrogen (secondary N) is 1. The van der Waals surface area contributed by atoms with Crippen molar-refractivity contribution in [1.29, 1.82) is 0 Å². The van der Waals surface area contributed by atoms with Crippen LogP contribution in [0.1, 0.15) is 11.1 Å². The summed E-state index contributed by atoms with van der Waals surface area (Å²) in [6.45, 7) is 0. The minimum Gasteiger partial charge on any atom is -0.507 e. The zero-order valence-electron chi connectivity index (χ0n) is 10.2. The zero-order valence-corrected chi connectivity index (χ0v) is 10.2. The van der Waals surface area contributed by atoms with Crippen LogP contribution in [-0.2, 0) is 6.18 Å². The fraction of sp³-hybridized carbons (Fsp3) is 0.0714. The maximum atomic E-state index is 12.5. The number of phenolic OH excluding ortho intramolecular Hbond substituents is 1. The van der Waals surface area contributed by atoms with Gasteiger partial charge in [-0.2, -0.15) is 18.3 Å². The number of para-hydroxylation sites is 1. The number of hydrazone groups is 1. The molecule has 0 bridgehead atoms. The Balaban J connectivity index is 2.10. The van der Waals surface area contributed by atoms with Crippen molar-refractivity contribution in [3.8, 4) is 5.75 Å². The summed E-state index contributed by atoms with van der Waals surface area (Å²) in [5, 5.41) is 13.3. The highest BCUT2D eigenvalue weighted by atomic mass is 19.4. The Kier molecular flexibility index (Phi) is 3.93. The summed E-state index contributed by atoms with van der Waals surface area (Å²) in [5.41, 5.74) is 2.42. The molecule has 6 heteroatoms. The second-order valence-electron chi connectivity index (χ2n) is 4.01. The number of alkyl halides is 3. The third-order valence-electron chi connectivity index (χ3n) is 2.52. The standard InChI is InChI=1S/C14H11F3N2O/c15-14(16,17)11-5-3-6-12(8-11)19-18-9-10-4-1-2-7-13(10)20/h1-9,19-20H/b18-9-. The first-order valence-corrected chi connectivity index (χ1v) is 5.71. The van der Waals surface area contributed by atoms with Crippen molar-refractivity contribution in [2.75, 3.05) is 5.43 Å². The summed E-state index contributed by atoms with van der Waals surface area (Å²) in [6.07, 6.45) is -3.06. The van der Waals surface area contributed by atoms with Crippen molar-refractivity contribution in [3.63, 3.8) is 0 Å². The number of benzene rings is 2. The molecule has 0 saturated carbocycles. The predicted octanol–water partition coefficient (Wildman–Crippen LogP) is 3.86. The minimum atomic E-state index is -4.39. The third-order valence-corrected chi connectivity index (χ3v) is 2.52. The number of aromatic hydroxyl groups is 1. The van der Waals surface area contributed by atoms with Gasteiger partial charge in [0.15, 0.2) is 0 Å². The predicted molar refractivity (Wildman–Crippen MR) is 70.8 cm³/mol. The summed E-state index contributed by atoms with van der Waals surface area (Å²) in [5.74, 6) is 0.0436. The van der Waals surface area contributed by atoms with E-state index in [1.54, 1.807) is 18.2 Å². The van der Waals surface area contributed by atoms with Gasteiger partial charge in [-0.15, -0.1) is 0 Å². The van der Waals surface area contributed by atoms with Crippen molar-refractivity contribution >= 4 is 11.9 Å². The Bertz CT molecular complexity index is 624. The molecule has 0 saturated heterocycles. The van der Waals surface area contributed by atoms with E-state index >= 15 is 0 Å². The summed E-state index contributed by atoms with van der Waals surface area (Å²) < 4.78 is 37.5. The van der Waals surface area contributed by atoms with Gasteiger partial charge < -0.3 is 5.11 Å². The van der Waals surface area contributed by atoms with Crippen molar-refractivity contribution in [2.24, 2.45) is 5.10 Å². The molecule has 0 heterocycles. The SMILES string of the molecule is Oc1ccccc1/C=N\Nc1cccc(C(F)(F)F)c1. The van der Waals surface area contributed by atoms with Gasteiger partial charge in [-0.25, -0.2) is 0 Å². The molecule has 0 aliphatic carbocycles. The van der Waals surface area contributed by atoms with E-state index in [-0.39, 0.29) is 11.4 Å². The van der Waals surface area contributed by atoms with Crippen LogP contribution in [0.4, 0.5) is 18.9 Å². The van der Waals surface area contributed by atoms with E-state index in [9.17, 15) is 18.3 Å². The Morgan fingerprint density at radius 2 is 1.80 bits per heavy atom. The highest BCUT2D eigenvalue weighted by Crippen LogP contribution is 2.30. The Labute approximate surface area is 113 Å². The molecule has 2 aromatic rings. The van der Waals surface area contributed by atoms with Gasteiger partial charge in [-0.1, -0.05) is 18.2 Å². The first-order valence-electron chi connectivity index (χ1n) is 5.71. The maximum Gasteiger partial charge on any atom is 0.416 e. The number of phenols is 1. The van der Waals surface area contributed by atoms with Crippen molar-refractivity contribution in [3.05, 3.63) is 59.7 Å². The average molecular weight is 280 g/mol. The van der Waals surface area contributed by atoms with E-state index < -0.39 is 11.7 Å². The van der Waals surface area contributed by atoms with E-state index in [1.165, 1.54) is 24.4 Å². The molecule has 2 aromatic carbocycles. The Morgan fingerprint density at radius 1 is 1.05 bits per heavy atom. The lowest BCUT2D eigenvalue weighted by Gasteiger charge is -2.08. The van der Waals surface area contributed by atoms with Crippen LogP contribution in [0.25, 0.3) is 0 Å². The molecule has 0 fully saturated rings. The molecule has 0 aliphatic rings. The molecule has 0 atom stereocenters. The highest BCUT2D eigenvalue weighted by molar-refractivity contribution is 5.83. The molecular weight excluding hydrogens is 269 g/mol. The van der Waals surface area contributed by atoms with E-state index in [0.29, 0.717) is 5.56 Å². The number of hydrogen-bond acceptors (Lipinski definition) is 3. The van der Waals surface area contributed by atoms with Crippen molar-refractivity contribution in [2.45, 2.75) is 6.18 Å². The molecule has 0 aromatic heterocycles. The van der Waals surface area contributed by atoms with Crippen LogP contribution in [-0.4, -0.2) is 11.3 Å². The normalized spacial score (nSPS) is 11.8. The van der Waals surface area contributed by atoms with Crippen LogP contribution in [0.15, 0.2) is 53.6 Å². The Hall–Kier alpha value is -2.50. The van der Waals surface area contributed by atoms with E-state index in [0.717, 1.165) is 12.1 Å². The molecule has 20 heavy (non-hydrogen) atoms. The largest absolute Gasteiger partial charge is 0.507 e. The van der Waals surface area contributed by atoms with Gasteiger partial charge >= 0.3 is 6.18 Å². The fourth-order valence-corrected chi connectivity index (χ4v) is 1.54. The van der Waals surface area contributed by atoms with Gasteiger partial charge in [0.1, 0.15) is 5.75 Å². The smallest absolute Gasteiger partial charge is 0.416 e. The summed E-state index contributed by atoms with van der Waals surface area (Å²) >= 11 is 0. The van der Waals surface area contributed by atoms with Crippen LogP contribution in [0.5, 0.6) is 5.75 Å². The molecule has 3 nitrogen and oxygen atoms in total. The van der Waals surface area contributed by atoms with E-state index in [1.807, 2.05) is 0 Å². The van der Waals surface area contributed by atoms with Crippen LogP contribution in [0.2, 0.25) is 0 Å².